The van der Waals surface area contributed by atoms with Crippen LogP contribution >= 0.6 is 15.9 Å². The molecule has 2 aromatic carbocycles. The highest BCUT2D eigenvalue weighted by Crippen LogP contribution is 2.30. The zero-order chi connectivity index (χ0) is 12.4. The highest BCUT2D eigenvalue weighted by atomic mass is 79.9. The number of hydrogen-bond donors (Lipinski definition) is 1. The molecule has 0 aliphatic carbocycles. The normalized spacial score (nSPS) is 10.8. The molecule has 17 heavy (non-hydrogen) atoms. The molecule has 2 rings (SSSR count). The lowest BCUT2D eigenvalue weighted by Crippen LogP contribution is -2.17. The van der Waals surface area contributed by atoms with Gasteiger partial charge in [0.2, 0.25) is 5.91 Å². The zero-order valence-electron chi connectivity index (χ0n) is 9.83. The van der Waals surface area contributed by atoms with Crippen molar-refractivity contribution in [3.05, 3.63) is 40.9 Å². The van der Waals surface area contributed by atoms with Crippen LogP contribution in [-0.2, 0) is 4.79 Å². The van der Waals surface area contributed by atoms with Crippen molar-refractivity contribution in [2.45, 2.75) is 13.8 Å². The quantitative estimate of drug-likeness (QED) is 0.883. The van der Waals surface area contributed by atoms with Gasteiger partial charge in [-0.25, -0.2) is 0 Å². The number of carbonyl (C=O) groups is 1. The minimum atomic E-state index is -0.0163. The molecule has 88 valence electrons. The Morgan fingerprint density at radius 2 is 1.76 bits per heavy atom. The van der Waals surface area contributed by atoms with Crippen molar-refractivity contribution in [1.29, 1.82) is 0 Å². The number of rotatable bonds is 2. The summed E-state index contributed by atoms with van der Waals surface area (Å²) in [4.78, 5) is 11.7. The van der Waals surface area contributed by atoms with E-state index in [0.29, 0.717) is 0 Å². The van der Waals surface area contributed by atoms with Gasteiger partial charge in [-0.2, -0.15) is 0 Å². The van der Waals surface area contributed by atoms with Crippen LogP contribution in [-0.4, -0.2) is 5.91 Å². The summed E-state index contributed by atoms with van der Waals surface area (Å²) in [6.45, 7) is 3.77. The van der Waals surface area contributed by atoms with E-state index in [0.717, 1.165) is 20.9 Å². The Balaban J connectivity index is 2.48. The summed E-state index contributed by atoms with van der Waals surface area (Å²) in [5, 5.41) is 5.11. The summed E-state index contributed by atoms with van der Waals surface area (Å²) in [7, 11) is 0. The number of fused-ring (bicyclic) bond motifs is 1. The second kappa shape index (κ2) is 4.88. The lowest BCUT2D eigenvalue weighted by molar-refractivity contribution is -0.118. The number of nitrogens with one attached hydrogen (secondary N) is 1. The number of benzene rings is 2. The average molecular weight is 292 g/mol. The number of halogens is 1. The lowest BCUT2D eigenvalue weighted by Gasteiger charge is -2.11. The van der Waals surface area contributed by atoms with Crippen LogP contribution in [0.2, 0.25) is 0 Å². The zero-order valence-corrected chi connectivity index (χ0v) is 11.4. The topological polar surface area (TPSA) is 29.1 Å². The van der Waals surface area contributed by atoms with E-state index < -0.39 is 0 Å². The van der Waals surface area contributed by atoms with Gasteiger partial charge in [0.1, 0.15) is 0 Å². The van der Waals surface area contributed by atoms with Crippen molar-refractivity contribution in [1.82, 2.24) is 0 Å². The molecular weight excluding hydrogens is 278 g/mol. The van der Waals surface area contributed by atoms with E-state index in [1.165, 1.54) is 0 Å². The number of anilines is 1. The van der Waals surface area contributed by atoms with E-state index in [1.807, 2.05) is 50.2 Å². The average Bonchev–Trinajstić information content (AvgIpc) is 2.33. The van der Waals surface area contributed by atoms with Gasteiger partial charge in [-0.3, -0.25) is 4.79 Å². The first-order valence-electron chi connectivity index (χ1n) is 5.57. The Hall–Kier alpha value is -1.35. The predicted octanol–water partition coefficient (Wildman–Crippen LogP) is 4.20. The molecular formula is C14H14BrNO. The molecule has 0 fully saturated rings. The lowest BCUT2D eigenvalue weighted by atomic mass is 10.1. The summed E-state index contributed by atoms with van der Waals surface area (Å²) in [5.74, 6) is 0.0230. The van der Waals surface area contributed by atoms with Gasteiger partial charge in [-0.05, 0) is 17.5 Å². The Morgan fingerprint density at radius 3 is 2.41 bits per heavy atom. The highest BCUT2D eigenvalue weighted by Gasteiger charge is 2.10. The maximum atomic E-state index is 11.7. The molecule has 1 amide bonds. The van der Waals surface area contributed by atoms with Crippen LogP contribution in [0, 0.1) is 5.92 Å². The van der Waals surface area contributed by atoms with Crippen LogP contribution in [0.25, 0.3) is 10.8 Å². The van der Waals surface area contributed by atoms with E-state index >= 15 is 0 Å². The smallest absolute Gasteiger partial charge is 0.226 e. The molecule has 0 atom stereocenters. The Morgan fingerprint density at radius 1 is 1.12 bits per heavy atom. The van der Waals surface area contributed by atoms with Gasteiger partial charge >= 0.3 is 0 Å². The van der Waals surface area contributed by atoms with Gasteiger partial charge in [-0.15, -0.1) is 0 Å². The van der Waals surface area contributed by atoms with Crippen LogP contribution in [0.5, 0.6) is 0 Å². The number of hydrogen-bond acceptors (Lipinski definition) is 1. The minimum absolute atomic E-state index is 0.0163. The number of amides is 1. The van der Waals surface area contributed by atoms with E-state index in [2.05, 4.69) is 21.2 Å². The van der Waals surface area contributed by atoms with Crippen LogP contribution in [0.3, 0.4) is 0 Å². The van der Waals surface area contributed by atoms with Gasteiger partial charge in [0.25, 0.3) is 0 Å². The van der Waals surface area contributed by atoms with Gasteiger partial charge in [0.15, 0.2) is 0 Å². The Bertz CT molecular complexity index is 563. The summed E-state index contributed by atoms with van der Waals surface area (Å²) in [6.07, 6.45) is 0. The first kappa shape index (κ1) is 12.1. The van der Waals surface area contributed by atoms with E-state index in [1.54, 1.807) is 0 Å². The van der Waals surface area contributed by atoms with E-state index in [-0.39, 0.29) is 11.8 Å². The summed E-state index contributed by atoms with van der Waals surface area (Å²) in [6, 6.07) is 11.9. The fourth-order valence-corrected chi connectivity index (χ4v) is 2.13. The third-order valence-corrected chi connectivity index (χ3v) is 3.34. The third kappa shape index (κ3) is 2.50. The van der Waals surface area contributed by atoms with Crippen LogP contribution in [0.4, 0.5) is 5.69 Å². The molecule has 0 aliphatic rings. The largest absolute Gasteiger partial charge is 0.325 e. The fourth-order valence-electron chi connectivity index (χ4n) is 1.65. The summed E-state index contributed by atoms with van der Waals surface area (Å²) in [5.41, 5.74) is 0.863. The van der Waals surface area contributed by atoms with Crippen molar-refractivity contribution in [3.63, 3.8) is 0 Å². The second-order valence-electron chi connectivity index (χ2n) is 4.28. The van der Waals surface area contributed by atoms with Crippen LogP contribution < -0.4 is 5.32 Å². The van der Waals surface area contributed by atoms with Crippen molar-refractivity contribution in [2.75, 3.05) is 5.32 Å². The first-order chi connectivity index (χ1) is 8.09. The van der Waals surface area contributed by atoms with Gasteiger partial charge in [0.05, 0.1) is 0 Å². The molecule has 2 aromatic rings. The summed E-state index contributed by atoms with van der Waals surface area (Å²) < 4.78 is 1.04. The van der Waals surface area contributed by atoms with Crippen molar-refractivity contribution < 1.29 is 4.79 Å². The summed E-state index contributed by atoms with van der Waals surface area (Å²) >= 11 is 3.51. The van der Waals surface area contributed by atoms with Crippen LogP contribution in [0.1, 0.15) is 13.8 Å². The van der Waals surface area contributed by atoms with Gasteiger partial charge in [-0.1, -0.05) is 54.0 Å². The van der Waals surface area contributed by atoms with Crippen molar-refractivity contribution in [2.24, 2.45) is 5.92 Å². The molecule has 0 aliphatic heterocycles. The van der Waals surface area contributed by atoms with Crippen molar-refractivity contribution >= 4 is 38.3 Å². The molecule has 0 heterocycles. The standard InChI is InChI=1S/C14H14BrNO/c1-9(2)14(17)16-13-8-7-12(15)10-5-3-4-6-11(10)13/h3-9H,1-2H3,(H,16,17). The molecule has 0 unspecified atom stereocenters. The molecule has 0 aromatic heterocycles. The molecule has 3 heteroatoms. The SMILES string of the molecule is CC(C)C(=O)Nc1ccc(Br)c2ccccc12. The van der Waals surface area contributed by atoms with E-state index in [4.69, 9.17) is 0 Å². The first-order valence-corrected chi connectivity index (χ1v) is 6.37. The van der Waals surface area contributed by atoms with Gasteiger partial charge in [0, 0.05) is 21.5 Å². The maximum absolute atomic E-state index is 11.7. The molecule has 0 saturated carbocycles. The molecule has 1 N–H and O–H groups in total. The minimum Gasteiger partial charge on any atom is -0.325 e. The number of carbonyl (C=O) groups excluding carboxylic acids is 1. The molecule has 0 spiro atoms. The molecule has 0 radical (unpaired) electrons. The van der Waals surface area contributed by atoms with Crippen molar-refractivity contribution in [3.8, 4) is 0 Å². The third-order valence-electron chi connectivity index (χ3n) is 2.65. The highest BCUT2D eigenvalue weighted by molar-refractivity contribution is 9.10. The Labute approximate surface area is 109 Å². The van der Waals surface area contributed by atoms with Gasteiger partial charge < -0.3 is 5.32 Å². The van der Waals surface area contributed by atoms with E-state index in [9.17, 15) is 4.79 Å². The molecule has 0 bridgehead atoms. The fraction of sp³-hybridized carbons (Fsp3) is 0.214. The second-order valence-corrected chi connectivity index (χ2v) is 5.14. The van der Waals surface area contributed by atoms with Crippen LogP contribution in [0.15, 0.2) is 40.9 Å². The maximum Gasteiger partial charge on any atom is 0.226 e. The molecule has 2 nitrogen and oxygen atoms in total. The predicted molar refractivity (Wildman–Crippen MR) is 75.1 cm³/mol. The Kier molecular flexibility index (Phi) is 3.48. The molecule has 0 saturated heterocycles. The monoisotopic (exact) mass is 291 g/mol.